The summed E-state index contributed by atoms with van der Waals surface area (Å²) in [5, 5.41) is 10.7. The lowest BCUT2D eigenvalue weighted by atomic mass is 9.86. The zero-order valence-corrected chi connectivity index (χ0v) is 13.9. The van der Waals surface area contributed by atoms with Gasteiger partial charge in [-0.15, -0.1) is 0 Å². The van der Waals surface area contributed by atoms with Gasteiger partial charge in [0.15, 0.2) is 5.78 Å². The summed E-state index contributed by atoms with van der Waals surface area (Å²) < 4.78 is 0. The fraction of sp³-hybridized carbons (Fsp3) is 0.316. The average Bonchev–Trinajstić information content (AvgIpc) is 2.47. The predicted octanol–water partition coefficient (Wildman–Crippen LogP) is 4.42. The van der Waals surface area contributed by atoms with Gasteiger partial charge in [-0.05, 0) is 40.8 Å². The second-order valence-corrected chi connectivity index (χ2v) is 6.97. The summed E-state index contributed by atoms with van der Waals surface area (Å²) in [6.45, 7) is 6.46. The Hall–Kier alpha value is -1.64. The van der Waals surface area contributed by atoms with Gasteiger partial charge >= 0.3 is 0 Å². The van der Waals surface area contributed by atoms with Crippen LogP contribution in [0, 0.1) is 0 Å². The summed E-state index contributed by atoms with van der Waals surface area (Å²) in [5.41, 5.74) is 2.75. The standard InChI is InChI=1S/C19H21ClO2/c1-19(2,3)15-8-4-13(5-9-15)12-17(21)18(22)14-6-10-16(20)11-7-14/h4-11,17,21H,12H2,1-3H3/t17-/m0/s1. The number of hydrogen-bond donors (Lipinski definition) is 1. The molecule has 0 aliphatic carbocycles. The molecule has 1 atom stereocenters. The van der Waals surface area contributed by atoms with Crippen LogP contribution in [0.25, 0.3) is 0 Å². The predicted molar refractivity (Wildman–Crippen MR) is 90.6 cm³/mol. The largest absolute Gasteiger partial charge is 0.385 e. The third kappa shape index (κ3) is 4.19. The molecule has 0 bridgehead atoms. The molecule has 0 heterocycles. The smallest absolute Gasteiger partial charge is 0.191 e. The van der Waals surface area contributed by atoms with Crippen LogP contribution in [-0.4, -0.2) is 17.0 Å². The molecule has 3 heteroatoms. The van der Waals surface area contributed by atoms with E-state index in [4.69, 9.17) is 11.6 Å². The molecular formula is C19H21ClO2. The average molecular weight is 317 g/mol. The molecule has 0 radical (unpaired) electrons. The number of ketones is 1. The first-order chi connectivity index (χ1) is 10.3. The van der Waals surface area contributed by atoms with Gasteiger partial charge in [-0.1, -0.05) is 56.6 Å². The van der Waals surface area contributed by atoms with Crippen LogP contribution in [-0.2, 0) is 11.8 Å². The van der Waals surface area contributed by atoms with Gasteiger partial charge in [-0.25, -0.2) is 0 Å². The molecule has 116 valence electrons. The third-order valence-electron chi connectivity index (χ3n) is 3.68. The Balaban J connectivity index is 2.06. The van der Waals surface area contributed by atoms with E-state index in [-0.39, 0.29) is 11.2 Å². The number of aliphatic hydroxyl groups is 1. The molecule has 0 fully saturated rings. The molecule has 2 aromatic carbocycles. The molecule has 0 amide bonds. The van der Waals surface area contributed by atoms with Crippen molar-refractivity contribution in [3.05, 3.63) is 70.2 Å². The molecular weight excluding hydrogens is 296 g/mol. The van der Waals surface area contributed by atoms with Crippen molar-refractivity contribution in [2.45, 2.75) is 38.7 Å². The highest BCUT2D eigenvalue weighted by atomic mass is 35.5. The van der Waals surface area contributed by atoms with Crippen molar-refractivity contribution >= 4 is 17.4 Å². The number of benzene rings is 2. The maximum absolute atomic E-state index is 12.2. The molecule has 0 aliphatic rings. The van der Waals surface area contributed by atoms with E-state index in [0.29, 0.717) is 17.0 Å². The van der Waals surface area contributed by atoms with Crippen LogP contribution in [0.2, 0.25) is 5.02 Å². The zero-order chi connectivity index (χ0) is 16.3. The second kappa shape index (κ2) is 6.64. The minimum Gasteiger partial charge on any atom is -0.385 e. The molecule has 2 rings (SSSR count). The van der Waals surface area contributed by atoms with Crippen LogP contribution >= 0.6 is 11.6 Å². The van der Waals surface area contributed by atoms with E-state index in [1.165, 1.54) is 5.56 Å². The van der Waals surface area contributed by atoms with Gasteiger partial charge in [0, 0.05) is 17.0 Å². The van der Waals surface area contributed by atoms with Crippen molar-refractivity contribution in [1.82, 2.24) is 0 Å². The number of Topliss-reactive ketones (excluding diaryl/α,β-unsaturated/α-hetero) is 1. The van der Waals surface area contributed by atoms with Gasteiger partial charge in [0.1, 0.15) is 6.10 Å². The Morgan fingerprint density at radius 1 is 1.05 bits per heavy atom. The maximum Gasteiger partial charge on any atom is 0.191 e. The van der Waals surface area contributed by atoms with Crippen molar-refractivity contribution in [3.63, 3.8) is 0 Å². The van der Waals surface area contributed by atoms with E-state index in [2.05, 4.69) is 32.9 Å². The van der Waals surface area contributed by atoms with Crippen LogP contribution in [0.4, 0.5) is 0 Å². The molecule has 0 aliphatic heterocycles. The monoisotopic (exact) mass is 316 g/mol. The van der Waals surface area contributed by atoms with E-state index in [1.54, 1.807) is 24.3 Å². The fourth-order valence-corrected chi connectivity index (χ4v) is 2.39. The first-order valence-electron chi connectivity index (χ1n) is 7.34. The van der Waals surface area contributed by atoms with Crippen molar-refractivity contribution < 1.29 is 9.90 Å². The highest BCUT2D eigenvalue weighted by Gasteiger charge is 2.18. The fourth-order valence-electron chi connectivity index (χ4n) is 2.26. The van der Waals surface area contributed by atoms with E-state index >= 15 is 0 Å². The van der Waals surface area contributed by atoms with Gasteiger partial charge in [0.2, 0.25) is 0 Å². The molecule has 0 unspecified atom stereocenters. The van der Waals surface area contributed by atoms with E-state index in [1.807, 2.05) is 12.1 Å². The highest BCUT2D eigenvalue weighted by molar-refractivity contribution is 6.30. The van der Waals surface area contributed by atoms with E-state index < -0.39 is 6.10 Å². The number of carbonyl (C=O) groups is 1. The van der Waals surface area contributed by atoms with Gasteiger partial charge in [0.05, 0.1) is 0 Å². The van der Waals surface area contributed by atoms with Crippen LogP contribution in [0.1, 0.15) is 42.3 Å². The van der Waals surface area contributed by atoms with Gasteiger partial charge in [-0.3, -0.25) is 4.79 Å². The van der Waals surface area contributed by atoms with E-state index in [0.717, 1.165) is 5.56 Å². The van der Waals surface area contributed by atoms with Crippen LogP contribution in [0.5, 0.6) is 0 Å². The molecule has 0 spiro atoms. The lowest BCUT2D eigenvalue weighted by Gasteiger charge is -2.19. The van der Waals surface area contributed by atoms with Crippen molar-refractivity contribution in [3.8, 4) is 0 Å². The van der Waals surface area contributed by atoms with Crippen molar-refractivity contribution in [2.24, 2.45) is 0 Å². The molecule has 0 saturated heterocycles. The molecule has 22 heavy (non-hydrogen) atoms. The lowest BCUT2D eigenvalue weighted by molar-refractivity contribution is 0.0748. The molecule has 2 nitrogen and oxygen atoms in total. The molecule has 1 N–H and O–H groups in total. The molecule has 0 saturated carbocycles. The summed E-state index contributed by atoms with van der Waals surface area (Å²) in [5.74, 6) is -0.281. The van der Waals surface area contributed by atoms with Gasteiger partial charge in [-0.2, -0.15) is 0 Å². The van der Waals surface area contributed by atoms with Crippen LogP contribution < -0.4 is 0 Å². The number of carbonyl (C=O) groups excluding carboxylic acids is 1. The Labute approximate surface area is 136 Å². The zero-order valence-electron chi connectivity index (χ0n) is 13.1. The van der Waals surface area contributed by atoms with Crippen LogP contribution in [0.3, 0.4) is 0 Å². The summed E-state index contributed by atoms with van der Waals surface area (Å²) in [7, 11) is 0. The number of halogens is 1. The summed E-state index contributed by atoms with van der Waals surface area (Å²) in [6, 6.07) is 14.6. The first kappa shape index (κ1) is 16.7. The minimum absolute atomic E-state index is 0.0935. The van der Waals surface area contributed by atoms with Gasteiger partial charge in [0.25, 0.3) is 0 Å². The summed E-state index contributed by atoms with van der Waals surface area (Å²) in [4.78, 5) is 12.2. The SMILES string of the molecule is CC(C)(C)c1ccc(C[C@H](O)C(=O)c2ccc(Cl)cc2)cc1. The van der Waals surface area contributed by atoms with E-state index in [9.17, 15) is 9.90 Å². The molecule has 2 aromatic rings. The Morgan fingerprint density at radius 3 is 2.09 bits per heavy atom. The minimum atomic E-state index is -1.04. The first-order valence-corrected chi connectivity index (χ1v) is 7.72. The highest BCUT2D eigenvalue weighted by Crippen LogP contribution is 2.22. The lowest BCUT2D eigenvalue weighted by Crippen LogP contribution is -2.23. The van der Waals surface area contributed by atoms with Crippen molar-refractivity contribution in [1.29, 1.82) is 0 Å². The maximum atomic E-state index is 12.2. The van der Waals surface area contributed by atoms with Crippen molar-refractivity contribution in [2.75, 3.05) is 0 Å². The Bertz CT molecular complexity index is 637. The Kier molecular flexibility index (Phi) is 5.05. The number of aliphatic hydroxyl groups excluding tert-OH is 1. The summed E-state index contributed by atoms with van der Waals surface area (Å²) in [6.07, 6.45) is -0.729. The second-order valence-electron chi connectivity index (χ2n) is 6.54. The quantitative estimate of drug-likeness (QED) is 0.848. The third-order valence-corrected chi connectivity index (χ3v) is 3.93. The summed E-state index contributed by atoms with van der Waals surface area (Å²) >= 11 is 5.80. The topological polar surface area (TPSA) is 37.3 Å². The van der Waals surface area contributed by atoms with Gasteiger partial charge < -0.3 is 5.11 Å². The number of hydrogen-bond acceptors (Lipinski definition) is 2. The normalized spacial score (nSPS) is 13.0. The number of rotatable bonds is 4. The Morgan fingerprint density at radius 2 is 1.59 bits per heavy atom. The van der Waals surface area contributed by atoms with Crippen LogP contribution in [0.15, 0.2) is 48.5 Å². The molecule has 0 aromatic heterocycles.